The number of para-hydroxylation sites is 1. The molecular weight excluding hydrogens is 466 g/mol. The average molecular weight is 490 g/mol. The summed E-state index contributed by atoms with van der Waals surface area (Å²) < 4.78 is 39.3. The molecule has 2 heterocycles. The zero-order chi connectivity index (χ0) is 24.7. The molecule has 9 nitrogen and oxygen atoms in total. The third-order valence-electron chi connectivity index (χ3n) is 5.88. The highest BCUT2D eigenvalue weighted by atomic mass is 32.2. The van der Waals surface area contributed by atoms with Crippen LogP contribution in [0, 0.1) is 13.8 Å². The number of rotatable bonds is 6. The van der Waals surface area contributed by atoms with Gasteiger partial charge in [-0.25, -0.2) is 13.4 Å². The first-order chi connectivity index (χ1) is 16.8. The van der Waals surface area contributed by atoms with Crippen LogP contribution in [0.3, 0.4) is 0 Å². The van der Waals surface area contributed by atoms with Gasteiger partial charge in [0.2, 0.25) is 14.9 Å². The number of ether oxygens (including phenoxy) is 2. The molecule has 0 aliphatic rings. The molecule has 0 aliphatic carbocycles. The highest BCUT2D eigenvalue weighted by Crippen LogP contribution is 2.32. The molecular formula is C25H23N5O4S. The number of hydrogen-bond acceptors (Lipinski definition) is 8. The lowest BCUT2D eigenvalue weighted by Gasteiger charge is -2.13. The van der Waals surface area contributed by atoms with Gasteiger partial charge in [-0.2, -0.15) is 4.52 Å². The minimum Gasteiger partial charge on any atom is -0.497 e. The number of aromatic nitrogens is 4. The fourth-order valence-electron chi connectivity index (χ4n) is 3.82. The van der Waals surface area contributed by atoms with E-state index in [1.807, 2.05) is 38.1 Å². The molecule has 0 spiro atoms. The summed E-state index contributed by atoms with van der Waals surface area (Å²) >= 11 is 0. The predicted octanol–water partition coefficient (Wildman–Crippen LogP) is 4.49. The fraction of sp³-hybridized carbons (Fsp3) is 0.160. The summed E-state index contributed by atoms with van der Waals surface area (Å²) in [6.45, 7) is 3.80. The number of anilines is 2. The van der Waals surface area contributed by atoms with Gasteiger partial charge in [0, 0.05) is 29.3 Å². The summed E-state index contributed by atoms with van der Waals surface area (Å²) in [6, 6.07) is 17.8. The van der Waals surface area contributed by atoms with Gasteiger partial charge in [-0.05, 0) is 49.2 Å². The van der Waals surface area contributed by atoms with Crippen LogP contribution in [0.5, 0.6) is 11.5 Å². The third kappa shape index (κ3) is 3.91. The minimum atomic E-state index is -3.97. The van der Waals surface area contributed by atoms with E-state index in [-0.39, 0.29) is 15.6 Å². The number of hydrogen-bond donors (Lipinski definition) is 1. The third-order valence-corrected chi connectivity index (χ3v) is 7.53. The van der Waals surface area contributed by atoms with Crippen molar-refractivity contribution in [3.63, 3.8) is 0 Å². The molecule has 0 unspecified atom stereocenters. The maximum absolute atomic E-state index is 13.5. The van der Waals surface area contributed by atoms with E-state index < -0.39 is 9.84 Å². The Morgan fingerprint density at radius 2 is 1.60 bits per heavy atom. The topological polar surface area (TPSA) is 108 Å². The van der Waals surface area contributed by atoms with Gasteiger partial charge >= 0.3 is 0 Å². The SMILES string of the molecule is COc1cc(Nc2nc3c(S(=O)(=O)c4ccc(C)c(C)c4)nnn3c3ccccc23)cc(OC)c1. The van der Waals surface area contributed by atoms with Crippen molar-refractivity contribution >= 4 is 37.9 Å². The standard InChI is InChI=1S/C25H23N5O4S/c1-15-9-10-20(11-16(15)2)35(31,32)25-24-27-23(21-7-5-6-8-22(21)30(24)29-28-25)26-17-12-18(33-3)14-19(13-17)34-4/h5-14H,1-4H3,(H,26,27). The molecule has 0 radical (unpaired) electrons. The van der Waals surface area contributed by atoms with Crippen LogP contribution in [-0.2, 0) is 9.84 Å². The molecule has 178 valence electrons. The molecule has 35 heavy (non-hydrogen) atoms. The Bertz CT molecular complexity index is 1670. The molecule has 0 bridgehead atoms. The first-order valence-corrected chi connectivity index (χ1v) is 12.3. The van der Waals surface area contributed by atoms with Crippen molar-refractivity contribution in [3.05, 3.63) is 71.8 Å². The first-order valence-electron chi connectivity index (χ1n) is 10.8. The summed E-state index contributed by atoms with van der Waals surface area (Å²) in [6.07, 6.45) is 0. The van der Waals surface area contributed by atoms with Crippen molar-refractivity contribution < 1.29 is 17.9 Å². The van der Waals surface area contributed by atoms with Crippen molar-refractivity contribution in [2.45, 2.75) is 23.8 Å². The van der Waals surface area contributed by atoms with E-state index in [0.717, 1.165) is 16.5 Å². The molecule has 2 aromatic heterocycles. The molecule has 5 rings (SSSR count). The highest BCUT2D eigenvalue weighted by molar-refractivity contribution is 7.91. The minimum absolute atomic E-state index is 0.124. The zero-order valence-electron chi connectivity index (χ0n) is 19.6. The Balaban J connectivity index is 1.71. The summed E-state index contributed by atoms with van der Waals surface area (Å²) in [5.41, 5.74) is 3.31. The van der Waals surface area contributed by atoms with Crippen molar-refractivity contribution in [1.82, 2.24) is 19.8 Å². The molecule has 10 heteroatoms. The van der Waals surface area contributed by atoms with E-state index >= 15 is 0 Å². The van der Waals surface area contributed by atoms with Gasteiger partial charge in [0.15, 0.2) is 5.65 Å². The largest absolute Gasteiger partial charge is 0.497 e. The van der Waals surface area contributed by atoms with E-state index in [9.17, 15) is 8.42 Å². The Morgan fingerprint density at radius 1 is 0.886 bits per heavy atom. The van der Waals surface area contributed by atoms with Crippen LogP contribution >= 0.6 is 0 Å². The van der Waals surface area contributed by atoms with Crippen LogP contribution in [0.15, 0.2) is 70.6 Å². The normalized spacial score (nSPS) is 11.7. The summed E-state index contributed by atoms with van der Waals surface area (Å²) in [4.78, 5) is 4.81. The maximum Gasteiger partial charge on any atom is 0.229 e. The number of sulfone groups is 1. The average Bonchev–Trinajstić information content (AvgIpc) is 3.30. The summed E-state index contributed by atoms with van der Waals surface area (Å²) in [7, 11) is -0.827. The van der Waals surface area contributed by atoms with Crippen LogP contribution in [0.4, 0.5) is 11.5 Å². The molecule has 0 aliphatic heterocycles. The van der Waals surface area contributed by atoms with Crippen molar-refractivity contribution in [2.75, 3.05) is 19.5 Å². The van der Waals surface area contributed by atoms with Gasteiger partial charge in [0.25, 0.3) is 0 Å². The van der Waals surface area contributed by atoms with Gasteiger partial charge in [0.1, 0.15) is 17.3 Å². The Hall–Kier alpha value is -4.18. The predicted molar refractivity (Wildman–Crippen MR) is 132 cm³/mol. The number of nitrogens with zero attached hydrogens (tertiary/aromatic N) is 4. The van der Waals surface area contributed by atoms with Crippen molar-refractivity contribution in [2.24, 2.45) is 0 Å². The summed E-state index contributed by atoms with van der Waals surface area (Å²) in [5.74, 6) is 1.64. The molecule has 0 amide bonds. The number of nitrogens with one attached hydrogen (secondary N) is 1. The Kier molecular flexibility index (Phi) is 5.52. The van der Waals surface area contributed by atoms with Crippen LogP contribution in [0.1, 0.15) is 11.1 Å². The second-order valence-corrected chi connectivity index (χ2v) is 9.95. The van der Waals surface area contributed by atoms with E-state index in [4.69, 9.17) is 9.47 Å². The van der Waals surface area contributed by atoms with E-state index in [1.165, 1.54) is 4.52 Å². The quantitative estimate of drug-likeness (QED) is 0.372. The second-order valence-electron chi connectivity index (χ2n) is 8.08. The number of benzene rings is 3. The van der Waals surface area contributed by atoms with Gasteiger partial charge in [-0.15, -0.1) is 5.10 Å². The number of fused-ring (bicyclic) bond motifs is 3. The van der Waals surface area contributed by atoms with Crippen LogP contribution in [-0.4, -0.2) is 42.4 Å². The van der Waals surface area contributed by atoms with Crippen molar-refractivity contribution in [1.29, 1.82) is 0 Å². The van der Waals surface area contributed by atoms with Crippen LogP contribution in [0.25, 0.3) is 16.6 Å². The lowest BCUT2D eigenvalue weighted by atomic mass is 10.1. The van der Waals surface area contributed by atoms with Gasteiger partial charge in [0.05, 0.1) is 24.6 Å². The maximum atomic E-state index is 13.5. The van der Waals surface area contributed by atoms with E-state index in [1.54, 1.807) is 50.6 Å². The van der Waals surface area contributed by atoms with Gasteiger partial charge in [-0.1, -0.05) is 23.4 Å². The Labute approximate surface area is 202 Å². The van der Waals surface area contributed by atoms with E-state index in [0.29, 0.717) is 28.5 Å². The summed E-state index contributed by atoms with van der Waals surface area (Å²) in [5, 5.41) is 12.0. The highest BCUT2D eigenvalue weighted by Gasteiger charge is 2.27. The molecule has 0 fully saturated rings. The molecule has 0 atom stereocenters. The Morgan fingerprint density at radius 3 is 2.29 bits per heavy atom. The van der Waals surface area contributed by atoms with Crippen molar-refractivity contribution in [3.8, 4) is 11.5 Å². The van der Waals surface area contributed by atoms with Gasteiger partial charge < -0.3 is 14.8 Å². The van der Waals surface area contributed by atoms with Crippen LogP contribution in [0.2, 0.25) is 0 Å². The molecule has 1 N–H and O–H groups in total. The number of aryl methyl sites for hydroxylation is 2. The van der Waals surface area contributed by atoms with Gasteiger partial charge in [-0.3, -0.25) is 0 Å². The zero-order valence-corrected chi connectivity index (χ0v) is 20.4. The fourth-order valence-corrected chi connectivity index (χ4v) is 5.14. The lowest BCUT2D eigenvalue weighted by molar-refractivity contribution is 0.395. The first kappa shape index (κ1) is 22.6. The molecule has 0 saturated carbocycles. The molecule has 0 saturated heterocycles. The smallest absolute Gasteiger partial charge is 0.229 e. The lowest BCUT2D eigenvalue weighted by Crippen LogP contribution is -2.06. The monoisotopic (exact) mass is 489 g/mol. The number of methoxy groups -OCH3 is 2. The molecule has 3 aromatic carbocycles. The van der Waals surface area contributed by atoms with E-state index in [2.05, 4.69) is 20.6 Å². The van der Waals surface area contributed by atoms with Crippen LogP contribution < -0.4 is 14.8 Å². The second kappa shape index (κ2) is 8.55. The molecule has 5 aromatic rings.